The highest BCUT2D eigenvalue weighted by atomic mass is 16.2. The first-order valence-corrected chi connectivity index (χ1v) is 5.40. The number of aryl methyl sites for hydroxylation is 1. The van der Waals surface area contributed by atoms with Crippen molar-refractivity contribution in [2.75, 3.05) is 4.90 Å². The van der Waals surface area contributed by atoms with Crippen LogP contribution in [0.2, 0.25) is 0 Å². The molecule has 0 aliphatic carbocycles. The van der Waals surface area contributed by atoms with Gasteiger partial charge in [0.2, 0.25) is 11.8 Å². The Morgan fingerprint density at radius 2 is 1.82 bits per heavy atom. The van der Waals surface area contributed by atoms with E-state index in [1.165, 1.54) is 18.7 Å². The van der Waals surface area contributed by atoms with Gasteiger partial charge < -0.3 is 4.98 Å². The minimum absolute atomic E-state index is 0.274. The van der Waals surface area contributed by atoms with Gasteiger partial charge in [-0.2, -0.15) is 0 Å². The summed E-state index contributed by atoms with van der Waals surface area (Å²) in [6.07, 6.45) is 0. The van der Waals surface area contributed by atoms with Gasteiger partial charge in [0.15, 0.2) is 0 Å². The summed E-state index contributed by atoms with van der Waals surface area (Å²) >= 11 is 0. The highest BCUT2D eigenvalue weighted by Crippen LogP contribution is 2.27. The van der Waals surface area contributed by atoms with Crippen LogP contribution in [0.25, 0.3) is 10.9 Å². The number of benzene rings is 1. The lowest BCUT2D eigenvalue weighted by Crippen LogP contribution is -2.33. The molecule has 0 unspecified atom stereocenters. The van der Waals surface area contributed by atoms with E-state index in [0.29, 0.717) is 5.69 Å². The van der Waals surface area contributed by atoms with Crippen molar-refractivity contribution in [3.63, 3.8) is 0 Å². The second kappa shape index (κ2) is 4.05. The monoisotopic (exact) mass is 230 g/mol. The van der Waals surface area contributed by atoms with E-state index in [-0.39, 0.29) is 11.8 Å². The first-order chi connectivity index (χ1) is 8.00. The molecule has 2 rings (SSSR count). The lowest BCUT2D eigenvalue weighted by molar-refractivity contribution is -0.124. The fraction of sp³-hybridized carbons (Fsp3) is 0.231. The Morgan fingerprint density at radius 1 is 1.18 bits per heavy atom. The third kappa shape index (κ3) is 1.93. The molecule has 4 heteroatoms. The van der Waals surface area contributed by atoms with E-state index in [1.807, 2.05) is 25.1 Å². The zero-order valence-corrected chi connectivity index (χ0v) is 10.1. The van der Waals surface area contributed by atoms with E-state index in [2.05, 4.69) is 4.98 Å². The zero-order chi connectivity index (χ0) is 12.6. The topological polar surface area (TPSA) is 53.2 Å². The number of fused-ring (bicyclic) bond motifs is 1. The summed E-state index contributed by atoms with van der Waals surface area (Å²) in [6.45, 7) is 4.72. The number of carbonyl (C=O) groups excluding carboxylic acids is 2. The maximum Gasteiger partial charge on any atom is 0.230 e. The van der Waals surface area contributed by atoms with E-state index in [9.17, 15) is 9.59 Å². The molecule has 0 bridgehead atoms. The van der Waals surface area contributed by atoms with E-state index in [1.54, 1.807) is 6.07 Å². The van der Waals surface area contributed by atoms with Crippen LogP contribution in [0.4, 0.5) is 5.69 Å². The Hall–Kier alpha value is -2.10. The van der Waals surface area contributed by atoms with Gasteiger partial charge in [0.1, 0.15) is 0 Å². The Morgan fingerprint density at radius 3 is 2.41 bits per heavy atom. The molecule has 0 radical (unpaired) electrons. The van der Waals surface area contributed by atoms with Crippen LogP contribution in [0.15, 0.2) is 24.3 Å². The van der Waals surface area contributed by atoms with E-state index in [4.69, 9.17) is 0 Å². The van der Waals surface area contributed by atoms with Crippen LogP contribution in [0.1, 0.15) is 19.5 Å². The van der Waals surface area contributed by atoms with Crippen molar-refractivity contribution in [3.8, 4) is 0 Å². The molecule has 2 amide bonds. The first-order valence-electron chi connectivity index (χ1n) is 5.40. The fourth-order valence-electron chi connectivity index (χ4n) is 2.03. The summed E-state index contributed by atoms with van der Waals surface area (Å²) < 4.78 is 0. The number of H-pyrrole nitrogens is 1. The summed E-state index contributed by atoms with van der Waals surface area (Å²) in [5, 5.41) is 0.885. The summed E-state index contributed by atoms with van der Waals surface area (Å²) in [7, 11) is 0. The second-order valence-corrected chi connectivity index (χ2v) is 4.06. The predicted octanol–water partition coefficient (Wildman–Crippen LogP) is 2.38. The van der Waals surface area contributed by atoms with Gasteiger partial charge in [0, 0.05) is 30.4 Å². The normalized spacial score (nSPS) is 10.5. The molecular weight excluding hydrogens is 216 g/mol. The highest BCUT2D eigenvalue weighted by Gasteiger charge is 2.18. The third-order valence-corrected chi connectivity index (χ3v) is 2.65. The highest BCUT2D eigenvalue weighted by molar-refractivity contribution is 6.17. The SMILES string of the molecule is CC(=O)N(C(C)=O)c1cccc2[nH]c(C)cc12. The molecule has 2 aromatic rings. The average molecular weight is 230 g/mol. The Kier molecular flexibility index (Phi) is 2.71. The van der Waals surface area contributed by atoms with Crippen molar-refractivity contribution >= 4 is 28.4 Å². The van der Waals surface area contributed by atoms with Gasteiger partial charge in [-0.15, -0.1) is 0 Å². The van der Waals surface area contributed by atoms with E-state index in [0.717, 1.165) is 16.6 Å². The minimum Gasteiger partial charge on any atom is -0.359 e. The number of nitrogens with one attached hydrogen (secondary N) is 1. The van der Waals surface area contributed by atoms with Crippen molar-refractivity contribution in [2.45, 2.75) is 20.8 Å². The van der Waals surface area contributed by atoms with Crippen LogP contribution in [0.5, 0.6) is 0 Å². The molecule has 0 saturated carbocycles. The number of imide groups is 1. The van der Waals surface area contributed by atoms with Crippen molar-refractivity contribution in [1.82, 2.24) is 4.98 Å². The van der Waals surface area contributed by atoms with Gasteiger partial charge in [0.05, 0.1) is 5.69 Å². The molecule has 0 aliphatic heterocycles. The van der Waals surface area contributed by atoms with Crippen molar-refractivity contribution in [1.29, 1.82) is 0 Å². The van der Waals surface area contributed by atoms with E-state index < -0.39 is 0 Å². The number of hydrogen-bond acceptors (Lipinski definition) is 2. The molecule has 1 aromatic carbocycles. The standard InChI is InChI=1S/C13H14N2O2/c1-8-7-11-12(14-8)5-4-6-13(11)15(9(2)16)10(3)17/h4-7,14H,1-3H3. The first kappa shape index (κ1) is 11.4. The molecule has 1 heterocycles. The van der Waals surface area contributed by atoms with Gasteiger partial charge in [0.25, 0.3) is 0 Å². The summed E-state index contributed by atoms with van der Waals surface area (Å²) in [5.41, 5.74) is 2.55. The molecule has 0 fully saturated rings. The Balaban J connectivity index is 2.68. The number of hydrogen-bond donors (Lipinski definition) is 1. The van der Waals surface area contributed by atoms with Gasteiger partial charge in [-0.3, -0.25) is 14.5 Å². The molecule has 0 aliphatic rings. The van der Waals surface area contributed by atoms with Crippen LogP contribution in [0.3, 0.4) is 0 Å². The number of nitrogens with zero attached hydrogens (tertiary/aromatic N) is 1. The molecule has 17 heavy (non-hydrogen) atoms. The van der Waals surface area contributed by atoms with Crippen LogP contribution in [-0.4, -0.2) is 16.8 Å². The van der Waals surface area contributed by atoms with Gasteiger partial charge >= 0.3 is 0 Å². The van der Waals surface area contributed by atoms with Crippen LogP contribution < -0.4 is 4.90 Å². The molecule has 0 spiro atoms. The molecule has 0 atom stereocenters. The second-order valence-electron chi connectivity index (χ2n) is 4.06. The minimum atomic E-state index is -0.274. The molecule has 1 aromatic heterocycles. The number of aromatic amines is 1. The number of anilines is 1. The molecule has 4 nitrogen and oxygen atoms in total. The zero-order valence-electron chi connectivity index (χ0n) is 10.1. The van der Waals surface area contributed by atoms with Gasteiger partial charge in [-0.25, -0.2) is 0 Å². The maximum absolute atomic E-state index is 11.5. The van der Waals surface area contributed by atoms with Gasteiger partial charge in [-0.1, -0.05) is 6.07 Å². The van der Waals surface area contributed by atoms with Gasteiger partial charge in [-0.05, 0) is 25.1 Å². The summed E-state index contributed by atoms with van der Waals surface area (Å²) in [4.78, 5) is 27.4. The number of carbonyl (C=O) groups is 2. The quantitative estimate of drug-likeness (QED) is 0.817. The maximum atomic E-state index is 11.5. The number of aromatic nitrogens is 1. The molecule has 88 valence electrons. The fourth-order valence-corrected chi connectivity index (χ4v) is 2.03. The van der Waals surface area contributed by atoms with Crippen molar-refractivity contribution in [3.05, 3.63) is 30.0 Å². The smallest absolute Gasteiger partial charge is 0.230 e. The van der Waals surface area contributed by atoms with Crippen molar-refractivity contribution in [2.24, 2.45) is 0 Å². The van der Waals surface area contributed by atoms with Crippen LogP contribution in [0, 0.1) is 6.92 Å². The predicted molar refractivity (Wildman–Crippen MR) is 66.9 cm³/mol. The largest absolute Gasteiger partial charge is 0.359 e. The summed E-state index contributed by atoms with van der Waals surface area (Å²) in [5.74, 6) is -0.548. The average Bonchev–Trinajstić information content (AvgIpc) is 2.58. The van der Waals surface area contributed by atoms with Crippen molar-refractivity contribution < 1.29 is 9.59 Å². The van der Waals surface area contributed by atoms with Crippen LogP contribution >= 0.6 is 0 Å². The third-order valence-electron chi connectivity index (χ3n) is 2.65. The molecule has 0 saturated heterocycles. The summed E-state index contributed by atoms with van der Waals surface area (Å²) in [6, 6.07) is 7.46. The molecule has 1 N–H and O–H groups in total. The Bertz CT molecular complexity index is 584. The Labute approximate surface area is 99.2 Å². The lowest BCUT2D eigenvalue weighted by atomic mass is 10.2. The lowest BCUT2D eigenvalue weighted by Gasteiger charge is -2.17. The van der Waals surface area contributed by atoms with E-state index >= 15 is 0 Å². The van der Waals surface area contributed by atoms with Crippen LogP contribution in [-0.2, 0) is 9.59 Å². The molecular formula is C13H14N2O2. The number of amides is 2. The number of rotatable bonds is 1.